The Labute approximate surface area is 137 Å². The zero-order valence-corrected chi connectivity index (χ0v) is 15.1. The SMILES string of the molecule is CCN(CCCN(C)C)c1ccc(CNC2CC2)cc1Br. The van der Waals surface area contributed by atoms with Crippen molar-refractivity contribution in [1.29, 1.82) is 0 Å². The maximum absolute atomic E-state index is 3.75. The highest BCUT2D eigenvalue weighted by molar-refractivity contribution is 9.10. The van der Waals surface area contributed by atoms with E-state index in [1.165, 1.54) is 35.0 Å². The van der Waals surface area contributed by atoms with Gasteiger partial charge in [-0.2, -0.15) is 0 Å². The topological polar surface area (TPSA) is 18.5 Å². The average Bonchev–Trinajstić information content (AvgIpc) is 3.26. The maximum atomic E-state index is 3.75. The van der Waals surface area contributed by atoms with E-state index in [1.807, 2.05) is 0 Å². The van der Waals surface area contributed by atoms with Gasteiger partial charge in [0, 0.05) is 30.1 Å². The fraction of sp³-hybridized carbons (Fsp3) is 0.647. The van der Waals surface area contributed by atoms with Crippen molar-refractivity contribution < 1.29 is 0 Å². The maximum Gasteiger partial charge on any atom is 0.0510 e. The Morgan fingerprint density at radius 2 is 2.00 bits per heavy atom. The summed E-state index contributed by atoms with van der Waals surface area (Å²) in [5, 5.41) is 3.57. The van der Waals surface area contributed by atoms with Crippen LogP contribution in [-0.4, -0.2) is 44.7 Å². The summed E-state index contributed by atoms with van der Waals surface area (Å²) < 4.78 is 1.21. The van der Waals surface area contributed by atoms with Crippen LogP contribution in [-0.2, 0) is 6.54 Å². The molecule has 0 atom stereocenters. The van der Waals surface area contributed by atoms with Crippen LogP contribution < -0.4 is 10.2 Å². The van der Waals surface area contributed by atoms with Crippen molar-refractivity contribution >= 4 is 21.6 Å². The molecule has 1 aliphatic carbocycles. The molecule has 1 fully saturated rings. The minimum absolute atomic E-state index is 0.765. The van der Waals surface area contributed by atoms with Gasteiger partial charge in [-0.3, -0.25) is 0 Å². The summed E-state index contributed by atoms with van der Waals surface area (Å²) >= 11 is 3.75. The summed E-state index contributed by atoms with van der Waals surface area (Å²) in [5.74, 6) is 0. The molecule has 21 heavy (non-hydrogen) atoms. The number of benzene rings is 1. The van der Waals surface area contributed by atoms with Crippen LogP contribution in [0.3, 0.4) is 0 Å². The average molecular weight is 354 g/mol. The lowest BCUT2D eigenvalue weighted by atomic mass is 10.2. The zero-order chi connectivity index (χ0) is 15.2. The van der Waals surface area contributed by atoms with Crippen molar-refractivity contribution in [3.05, 3.63) is 28.2 Å². The smallest absolute Gasteiger partial charge is 0.0510 e. The second-order valence-electron chi connectivity index (χ2n) is 6.18. The Morgan fingerprint density at radius 1 is 1.24 bits per heavy atom. The second-order valence-corrected chi connectivity index (χ2v) is 7.03. The van der Waals surface area contributed by atoms with E-state index in [-0.39, 0.29) is 0 Å². The van der Waals surface area contributed by atoms with Gasteiger partial charge in [0.05, 0.1) is 5.69 Å². The highest BCUT2D eigenvalue weighted by Gasteiger charge is 2.20. The molecular weight excluding hydrogens is 326 g/mol. The first-order chi connectivity index (χ1) is 10.1. The summed E-state index contributed by atoms with van der Waals surface area (Å²) in [6.07, 6.45) is 3.88. The largest absolute Gasteiger partial charge is 0.371 e. The van der Waals surface area contributed by atoms with E-state index >= 15 is 0 Å². The molecule has 0 spiro atoms. The first kappa shape index (κ1) is 16.8. The molecule has 1 aliphatic rings. The van der Waals surface area contributed by atoms with Crippen LogP contribution in [0.15, 0.2) is 22.7 Å². The van der Waals surface area contributed by atoms with Gasteiger partial charge in [-0.15, -0.1) is 0 Å². The molecule has 1 N–H and O–H groups in total. The Balaban J connectivity index is 1.92. The van der Waals surface area contributed by atoms with E-state index in [0.717, 1.165) is 32.2 Å². The molecule has 0 saturated heterocycles. The van der Waals surface area contributed by atoms with Crippen molar-refractivity contribution in [1.82, 2.24) is 10.2 Å². The Kier molecular flexibility index (Phi) is 6.52. The van der Waals surface area contributed by atoms with Crippen LogP contribution in [0.5, 0.6) is 0 Å². The van der Waals surface area contributed by atoms with Crippen LogP contribution in [0, 0.1) is 0 Å². The van der Waals surface area contributed by atoms with Crippen LogP contribution in [0.25, 0.3) is 0 Å². The highest BCUT2D eigenvalue weighted by atomic mass is 79.9. The van der Waals surface area contributed by atoms with E-state index in [1.54, 1.807) is 0 Å². The van der Waals surface area contributed by atoms with Gasteiger partial charge < -0.3 is 15.1 Å². The predicted octanol–water partition coefficient (Wildman–Crippen LogP) is 3.48. The third-order valence-electron chi connectivity index (χ3n) is 3.94. The molecule has 3 nitrogen and oxygen atoms in total. The molecule has 1 aromatic carbocycles. The van der Waals surface area contributed by atoms with Crippen molar-refractivity contribution in [2.24, 2.45) is 0 Å². The number of nitrogens with one attached hydrogen (secondary N) is 1. The Bertz CT molecular complexity index is 444. The molecule has 1 aromatic rings. The van der Waals surface area contributed by atoms with Crippen molar-refractivity contribution in [3.8, 4) is 0 Å². The van der Waals surface area contributed by atoms with Crippen molar-refractivity contribution in [3.63, 3.8) is 0 Å². The van der Waals surface area contributed by atoms with Crippen molar-refractivity contribution in [2.75, 3.05) is 38.6 Å². The molecule has 0 amide bonds. The van der Waals surface area contributed by atoms with Crippen LogP contribution in [0.4, 0.5) is 5.69 Å². The Morgan fingerprint density at radius 3 is 2.57 bits per heavy atom. The third kappa shape index (κ3) is 5.61. The molecule has 0 aromatic heterocycles. The standard InChI is InChI=1S/C17H28BrN3/c1-4-21(11-5-10-20(2)3)17-9-6-14(12-16(17)18)13-19-15-7-8-15/h6,9,12,15,19H,4-5,7-8,10-11,13H2,1-3H3. The van der Waals surface area contributed by atoms with Crippen molar-refractivity contribution in [2.45, 2.75) is 38.8 Å². The van der Waals surface area contributed by atoms with E-state index in [4.69, 9.17) is 0 Å². The quantitative estimate of drug-likeness (QED) is 0.733. The van der Waals surface area contributed by atoms with Gasteiger partial charge in [-0.1, -0.05) is 6.07 Å². The highest BCUT2D eigenvalue weighted by Crippen LogP contribution is 2.28. The second kappa shape index (κ2) is 8.16. The summed E-state index contributed by atoms with van der Waals surface area (Å²) in [6, 6.07) is 7.54. The number of nitrogens with zero attached hydrogens (tertiary/aromatic N) is 2. The fourth-order valence-electron chi connectivity index (χ4n) is 2.49. The molecule has 4 heteroatoms. The third-order valence-corrected chi connectivity index (χ3v) is 4.58. The molecule has 0 heterocycles. The molecule has 1 saturated carbocycles. The van der Waals surface area contributed by atoms with E-state index < -0.39 is 0 Å². The molecule has 0 radical (unpaired) electrons. The van der Waals surface area contributed by atoms with Crippen LogP contribution in [0.1, 0.15) is 31.7 Å². The van der Waals surface area contributed by atoms with Crippen LogP contribution in [0.2, 0.25) is 0 Å². The number of halogens is 1. The minimum Gasteiger partial charge on any atom is -0.371 e. The van der Waals surface area contributed by atoms with E-state index in [0.29, 0.717) is 0 Å². The summed E-state index contributed by atoms with van der Waals surface area (Å²) in [6.45, 7) is 6.50. The number of anilines is 1. The van der Waals surface area contributed by atoms with Gasteiger partial charge in [0.25, 0.3) is 0 Å². The lowest BCUT2D eigenvalue weighted by Crippen LogP contribution is -2.27. The summed E-state index contributed by atoms with van der Waals surface area (Å²) in [7, 11) is 4.27. The van der Waals surface area contributed by atoms with Gasteiger partial charge in [-0.05, 0) is 80.5 Å². The van der Waals surface area contributed by atoms with Crippen LogP contribution >= 0.6 is 15.9 Å². The van der Waals surface area contributed by atoms with Gasteiger partial charge in [-0.25, -0.2) is 0 Å². The molecular formula is C17H28BrN3. The first-order valence-corrected chi connectivity index (χ1v) is 8.81. The number of hydrogen-bond acceptors (Lipinski definition) is 3. The number of rotatable bonds is 9. The van der Waals surface area contributed by atoms with Gasteiger partial charge >= 0.3 is 0 Å². The summed E-state index contributed by atoms with van der Waals surface area (Å²) in [4.78, 5) is 4.70. The molecule has 118 valence electrons. The van der Waals surface area contributed by atoms with E-state index in [2.05, 4.69) is 70.3 Å². The Hall–Kier alpha value is -0.580. The zero-order valence-electron chi connectivity index (χ0n) is 13.5. The minimum atomic E-state index is 0.765. The first-order valence-electron chi connectivity index (χ1n) is 8.01. The lowest BCUT2D eigenvalue weighted by molar-refractivity contribution is 0.400. The van der Waals surface area contributed by atoms with Gasteiger partial charge in [0.15, 0.2) is 0 Å². The van der Waals surface area contributed by atoms with E-state index in [9.17, 15) is 0 Å². The van der Waals surface area contributed by atoms with Gasteiger partial charge in [0.1, 0.15) is 0 Å². The monoisotopic (exact) mass is 353 g/mol. The normalized spacial score (nSPS) is 14.7. The molecule has 0 aliphatic heterocycles. The fourth-order valence-corrected chi connectivity index (χ4v) is 3.17. The lowest BCUT2D eigenvalue weighted by Gasteiger charge is -2.25. The van der Waals surface area contributed by atoms with Gasteiger partial charge in [0.2, 0.25) is 0 Å². The molecule has 0 unspecified atom stereocenters. The molecule has 2 rings (SSSR count). The summed E-state index contributed by atoms with van der Waals surface area (Å²) in [5.41, 5.74) is 2.67. The molecule has 0 bridgehead atoms. The predicted molar refractivity (Wildman–Crippen MR) is 95.1 cm³/mol. The number of hydrogen-bond donors (Lipinski definition) is 1.